The van der Waals surface area contributed by atoms with E-state index in [9.17, 15) is 9.18 Å². The third kappa shape index (κ3) is 3.88. The molecule has 1 aliphatic rings. The highest BCUT2D eigenvalue weighted by molar-refractivity contribution is 5.93. The second-order valence-corrected chi connectivity index (χ2v) is 7.87. The van der Waals surface area contributed by atoms with Crippen molar-refractivity contribution in [1.82, 2.24) is 24.5 Å². The lowest BCUT2D eigenvalue weighted by molar-refractivity contribution is 0.0785. The van der Waals surface area contributed by atoms with Crippen LogP contribution in [0.2, 0.25) is 0 Å². The first-order valence-corrected chi connectivity index (χ1v) is 10.2. The molecule has 1 saturated heterocycles. The number of pyridine rings is 1. The standard InChI is InChI=1S/C23H22FN5O2/c1-15-6-8-28-13-20(25-22(28)10-15)23(30)29-9-7-16(12-29)19-11-17(26-27-19)14-31-21-5-3-2-4-18(21)24/h2-6,8,10-11,13,16H,7,9,12,14H2,1H3,(H,26,27)/t16-/m0/s1. The van der Waals surface area contributed by atoms with Crippen molar-refractivity contribution in [2.45, 2.75) is 25.9 Å². The van der Waals surface area contributed by atoms with Crippen LogP contribution in [0.1, 0.15) is 39.8 Å². The number of imidazole rings is 1. The number of fused-ring (bicyclic) bond motifs is 1. The summed E-state index contributed by atoms with van der Waals surface area (Å²) in [5.41, 5.74) is 3.97. The summed E-state index contributed by atoms with van der Waals surface area (Å²) in [4.78, 5) is 19.2. The number of nitrogens with one attached hydrogen (secondary N) is 1. The first kappa shape index (κ1) is 19.3. The van der Waals surface area contributed by atoms with E-state index in [2.05, 4.69) is 15.2 Å². The predicted octanol–water partition coefficient (Wildman–Crippen LogP) is 3.71. The molecule has 1 aliphatic heterocycles. The molecular weight excluding hydrogens is 397 g/mol. The number of aryl methyl sites for hydroxylation is 1. The average molecular weight is 419 g/mol. The number of carbonyl (C=O) groups excluding carboxylic acids is 1. The fourth-order valence-corrected chi connectivity index (χ4v) is 3.91. The fourth-order valence-electron chi connectivity index (χ4n) is 3.91. The number of para-hydroxylation sites is 1. The molecule has 1 atom stereocenters. The Morgan fingerprint density at radius 3 is 3.03 bits per heavy atom. The maximum absolute atomic E-state index is 13.7. The summed E-state index contributed by atoms with van der Waals surface area (Å²) in [6, 6.07) is 12.2. The van der Waals surface area contributed by atoms with E-state index in [4.69, 9.17) is 4.74 Å². The third-order valence-corrected chi connectivity index (χ3v) is 5.60. The van der Waals surface area contributed by atoms with Crippen LogP contribution in [-0.4, -0.2) is 43.5 Å². The van der Waals surface area contributed by atoms with Gasteiger partial charge in [-0.1, -0.05) is 12.1 Å². The molecule has 0 bridgehead atoms. The van der Waals surface area contributed by atoms with Gasteiger partial charge < -0.3 is 14.0 Å². The summed E-state index contributed by atoms with van der Waals surface area (Å²) in [6.45, 7) is 3.44. The topological polar surface area (TPSA) is 75.5 Å². The van der Waals surface area contributed by atoms with Crippen molar-refractivity contribution < 1.29 is 13.9 Å². The highest BCUT2D eigenvalue weighted by Gasteiger charge is 2.30. The minimum absolute atomic E-state index is 0.0671. The first-order chi connectivity index (χ1) is 15.1. The Morgan fingerprint density at radius 1 is 1.29 bits per heavy atom. The average Bonchev–Trinajstić information content (AvgIpc) is 3.51. The smallest absolute Gasteiger partial charge is 0.274 e. The number of hydrogen-bond acceptors (Lipinski definition) is 4. The number of nitrogens with zero attached hydrogens (tertiary/aromatic N) is 4. The monoisotopic (exact) mass is 419 g/mol. The van der Waals surface area contributed by atoms with E-state index in [-0.39, 0.29) is 24.2 Å². The highest BCUT2D eigenvalue weighted by atomic mass is 19.1. The summed E-state index contributed by atoms with van der Waals surface area (Å²) in [6.07, 6.45) is 4.52. The Hall–Kier alpha value is -3.68. The molecule has 8 heteroatoms. The molecule has 1 fully saturated rings. The van der Waals surface area contributed by atoms with Crippen LogP contribution in [0.15, 0.2) is 54.9 Å². The van der Waals surface area contributed by atoms with Crippen molar-refractivity contribution in [2.75, 3.05) is 13.1 Å². The molecule has 4 heterocycles. The number of carbonyl (C=O) groups is 1. The first-order valence-electron chi connectivity index (χ1n) is 10.2. The van der Waals surface area contributed by atoms with Crippen LogP contribution >= 0.6 is 0 Å². The van der Waals surface area contributed by atoms with Gasteiger partial charge in [0, 0.05) is 31.4 Å². The van der Waals surface area contributed by atoms with Gasteiger partial charge in [0.05, 0.1) is 11.4 Å². The second kappa shape index (κ2) is 7.86. The number of ether oxygens (including phenoxy) is 1. The van der Waals surface area contributed by atoms with Gasteiger partial charge >= 0.3 is 0 Å². The van der Waals surface area contributed by atoms with Crippen molar-refractivity contribution in [1.29, 1.82) is 0 Å². The molecule has 3 aromatic heterocycles. The van der Waals surface area contributed by atoms with E-state index < -0.39 is 5.82 Å². The minimum Gasteiger partial charge on any atom is -0.484 e. The van der Waals surface area contributed by atoms with E-state index in [1.165, 1.54) is 6.07 Å². The zero-order valence-electron chi connectivity index (χ0n) is 17.1. The Bertz CT molecular complexity index is 1250. The Labute approximate surface area is 178 Å². The molecular formula is C23H22FN5O2. The van der Waals surface area contributed by atoms with Crippen molar-refractivity contribution in [3.05, 3.63) is 83.3 Å². The molecule has 0 aliphatic carbocycles. The van der Waals surface area contributed by atoms with Crippen LogP contribution in [0.25, 0.3) is 5.65 Å². The van der Waals surface area contributed by atoms with E-state index in [0.717, 1.165) is 29.0 Å². The van der Waals surface area contributed by atoms with Gasteiger partial charge in [-0.15, -0.1) is 0 Å². The van der Waals surface area contributed by atoms with Crippen LogP contribution in [0, 0.1) is 12.7 Å². The maximum Gasteiger partial charge on any atom is 0.274 e. The summed E-state index contributed by atoms with van der Waals surface area (Å²) >= 11 is 0. The van der Waals surface area contributed by atoms with Gasteiger partial charge in [-0.25, -0.2) is 9.37 Å². The number of hydrogen-bond donors (Lipinski definition) is 1. The van der Waals surface area contributed by atoms with Crippen LogP contribution in [0.4, 0.5) is 4.39 Å². The molecule has 31 heavy (non-hydrogen) atoms. The number of likely N-dealkylation sites (tertiary alicyclic amines) is 1. The second-order valence-electron chi connectivity index (χ2n) is 7.87. The van der Waals surface area contributed by atoms with Gasteiger partial charge in [0.25, 0.3) is 5.91 Å². The number of aromatic amines is 1. The fraction of sp³-hybridized carbons (Fsp3) is 0.261. The third-order valence-electron chi connectivity index (χ3n) is 5.60. The van der Waals surface area contributed by atoms with Crippen molar-refractivity contribution in [3.63, 3.8) is 0 Å². The van der Waals surface area contributed by atoms with Crippen molar-refractivity contribution in [3.8, 4) is 5.75 Å². The van der Waals surface area contributed by atoms with Gasteiger partial charge in [-0.2, -0.15) is 5.10 Å². The molecule has 4 aromatic rings. The highest BCUT2D eigenvalue weighted by Crippen LogP contribution is 2.28. The largest absolute Gasteiger partial charge is 0.484 e. The Kier molecular flexibility index (Phi) is 4.89. The van der Waals surface area contributed by atoms with Gasteiger partial charge in [-0.05, 0) is 49.2 Å². The summed E-state index contributed by atoms with van der Waals surface area (Å²) in [5, 5.41) is 7.34. The van der Waals surface area contributed by atoms with Crippen LogP contribution in [0.5, 0.6) is 5.75 Å². The van der Waals surface area contributed by atoms with E-state index in [0.29, 0.717) is 18.8 Å². The Morgan fingerprint density at radius 2 is 2.16 bits per heavy atom. The molecule has 1 N–H and O–H groups in total. The van der Waals surface area contributed by atoms with Gasteiger partial charge in [0.2, 0.25) is 0 Å². The van der Waals surface area contributed by atoms with E-state index in [1.807, 2.05) is 40.6 Å². The minimum atomic E-state index is -0.394. The number of H-pyrrole nitrogens is 1. The van der Waals surface area contributed by atoms with Crippen LogP contribution in [0.3, 0.4) is 0 Å². The van der Waals surface area contributed by atoms with Crippen LogP contribution in [-0.2, 0) is 6.61 Å². The molecule has 7 nitrogen and oxygen atoms in total. The molecule has 1 amide bonds. The molecule has 0 saturated carbocycles. The van der Waals surface area contributed by atoms with E-state index in [1.54, 1.807) is 24.4 Å². The van der Waals surface area contributed by atoms with Crippen molar-refractivity contribution in [2.24, 2.45) is 0 Å². The molecule has 1 aromatic carbocycles. The molecule has 0 unspecified atom stereocenters. The van der Waals surface area contributed by atoms with Gasteiger partial charge in [-0.3, -0.25) is 9.89 Å². The molecule has 158 valence electrons. The number of halogens is 1. The summed E-state index contributed by atoms with van der Waals surface area (Å²) in [7, 11) is 0. The van der Waals surface area contributed by atoms with Crippen LogP contribution < -0.4 is 4.74 Å². The lowest BCUT2D eigenvalue weighted by Crippen LogP contribution is -2.28. The van der Waals surface area contributed by atoms with Gasteiger partial charge in [0.1, 0.15) is 17.9 Å². The number of benzene rings is 1. The zero-order chi connectivity index (χ0) is 21.4. The quantitative estimate of drug-likeness (QED) is 0.535. The molecule has 5 rings (SSSR count). The number of amides is 1. The predicted molar refractivity (Wildman–Crippen MR) is 113 cm³/mol. The number of aromatic nitrogens is 4. The normalized spacial score (nSPS) is 16.2. The maximum atomic E-state index is 13.7. The lowest BCUT2D eigenvalue weighted by Gasteiger charge is -2.14. The molecule has 0 spiro atoms. The zero-order valence-corrected chi connectivity index (χ0v) is 17.1. The number of rotatable bonds is 5. The van der Waals surface area contributed by atoms with E-state index >= 15 is 0 Å². The SMILES string of the molecule is Cc1ccn2cc(C(=O)N3CC[C@H](c4cc(COc5ccccc5F)[nH]n4)C3)nc2c1. The summed E-state index contributed by atoms with van der Waals surface area (Å²) in [5.74, 6) is -0.114. The van der Waals surface area contributed by atoms with Crippen molar-refractivity contribution >= 4 is 11.6 Å². The summed E-state index contributed by atoms with van der Waals surface area (Å²) < 4.78 is 21.1. The molecule has 0 radical (unpaired) electrons. The lowest BCUT2D eigenvalue weighted by atomic mass is 10.1. The van der Waals surface area contributed by atoms with Gasteiger partial charge in [0.15, 0.2) is 11.6 Å². The Balaban J connectivity index is 1.23.